The molecule has 0 saturated carbocycles. The van der Waals surface area contributed by atoms with Crippen LogP contribution < -0.4 is 20.7 Å². The summed E-state index contributed by atoms with van der Waals surface area (Å²) in [4.78, 5) is 2.68. The van der Waals surface area contributed by atoms with Crippen LogP contribution in [0.2, 0.25) is 0 Å². The van der Waals surface area contributed by atoms with Gasteiger partial charge in [0.25, 0.3) is 0 Å². The van der Waals surface area contributed by atoms with Gasteiger partial charge in [-0.2, -0.15) is 0 Å². The molecule has 1 heterocycles. The number of allylic oxidation sites excluding steroid dienone is 7. The molecule has 0 aromatic heterocycles. The molecule has 5 aliphatic rings. The minimum Gasteiger partial charge on any atom is -0.387 e. The lowest BCUT2D eigenvalue weighted by atomic mass is 9.82. The largest absolute Gasteiger partial charge is 0.387 e. The molecule has 4 atom stereocenters. The minimum atomic E-state index is 0.259. The maximum Gasteiger partial charge on any atom is 0.0629 e. The Morgan fingerprint density at radius 1 is 0.732 bits per heavy atom. The van der Waals surface area contributed by atoms with E-state index in [1.807, 2.05) is 0 Å². The Labute approximate surface area is 329 Å². The number of anilines is 1. The summed E-state index contributed by atoms with van der Waals surface area (Å²) < 4.78 is 0. The van der Waals surface area contributed by atoms with E-state index >= 15 is 0 Å². The first-order valence-electron chi connectivity index (χ1n) is 20.6. The van der Waals surface area contributed by atoms with Crippen molar-refractivity contribution in [3.05, 3.63) is 202 Å². The second-order valence-corrected chi connectivity index (χ2v) is 16.2. The van der Waals surface area contributed by atoms with Gasteiger partial charge < -0.3 is 10.2 Å². The molecule has 1 N–H and O–H groups in total. The summed E-state index contributed by atoms with van der Waals surface area (Å²) in [7, 11) is 0. The van der Waals surface area contributed by atoms with Gasteiger partial charge in [-0.3, -0.25) is 0 Å². The van der Waals surface area contributed by atoms with Crippen molar-refractivity contribution in [1.82, 2.24) is 5.32 Å². The summed E-state index contributed by atoms with van der Waals surface area (Å²) in [5.74, 6) is 1.06. The van der Waals surface area contributed by atoms with Crippen molar-refractivity contribution in [2.75, 3.05) is 11.4 Å². The van der Waals surface area contributed by atoms with Crippen LogP contribution in [0.25, 0.3) is 50.5 Å². The average Bonchev–Trinajstić information content (AvgIpc) is 3.61. The van der Waals surface area contributed by atoms with Crippen molar-refractivity contribution < 1.29 is 0 Å². The fourth-order valence-electron chi connectivity index (χ4n) is 10.2. The molecule has 6 aromatic rings. The summed E-state index contributed by atoms with van der Waals surface area (Å²) >= 11 is 0. The lowest BCUT2D eigenvalue weighted by Gasteiger charge is -2.32. The Morgan fingerprint density at radius 2 is 1.57 bits per heavy atom. The molecule has 1 aliphatic heterocycles. The third kappa shape index (κ3) is 5.70. The van der Waals surface area contributed by atoms with Crippen molar-refractivity contribution in [1.29, 1.82) is 0 Å². The van der Waals surface area contributed by atoms with E-state index in [1.54, 1.807) is 0 Å². The third-order valence-electron chi connectivity index (χ3n) is 12.9. The lowest BCUT2D eigenvalue weighted by molar-refractivity contribution is 0.570. The normalized spacial score (nSPS) is 22.0. The quantitative estimate of drug-likeness (QED) is 0.165. The topological polar surface area (TPSA) is 15.3 Å². The van der Waals surface area contributed by atoms with Crippen molar-refractivity contribution in [2.45, 2.75) is 44.1 Å². The van der Waals surface area contributed by atoms with E-state index in [0.717, 1.165) is 38.6 Å². The Hall–Kier alpha value is -6.12. The summed E-state index contributed by atoms with van der Waals surface area (Å²) in [6.45, 7) is 0.911. The molecule has 2 nitrogen and oxygen atoms in total. The van der Waals surface area contributed by atoms with Crippen LogP contribution in [-0.2, 0) is 12.8 Å². The van der Waals surface area contributed by atoms with E-state index in [9.17, 15) is 0 Å². The predicted octanol–water partition coefficient (Wildman–Crippen LogP) is 11.0. The van der Waals surface area contributed by atoms with Gasteiger partial charge in [-0.25, -0.2) is 0 Å². The Bertz CT molecular complexity index is 2880. The number of benzene rings is 6. The monoisotopic (exact) mass is 722 g/mol. The number of rotatable bonds is 7. The van der Waals surface area contributed by atoms with Crippen LogP contribution in [-0.4, -0.2) is 12.6 Å². The highest BCUT2D eigenvalue weighted by atomic mass is 15.2. The first-order valence-corrected chi connectivity index (χ1v) is 20.6. The Morgan fingerprint density at radius 3 is 2.48 bits per heavy atom. The van der Waals surface area contributed by atoms with E-state index in [-0.39, 0.29) is 6.04 Å². The smallest absolute Gasteiger partial charge is 0.0629 e. The van der Waals surface area contributed by atoms with E-state index in [2.05, 4.69) is 186 Å². The highest BCUT2D eigenvalue weighted by Crippen LogP contribution is 2.54. The SMILES string of the molecule is C1=CC2c3c(c4ccccc4c4ccc5c(c34)CCC=C5)N(C3=CCC(CN/C(=C\Cc4ccc5ccccc5c4)C4C=c5ccccc5=CC4)C=C3)C2C=C1. The lowest BCUT2D eigenvalue weighted by Crippen LogP contribution is -2.34. The van der Waals surface area contributed by atoms with Gasteiger partial charge in [-0.1, -0.05) is 170 Å². The van der Waals surface area contributed by atoms with E-state index in [0.29, 0.717) is 17.8 Å². The zero-order valence-corrected chi connectivity index (χ0v) is 31.7. The van der Waals surface area contributed by atoms with Crippen LogP contribution in [0.15, 0.2) is 169 Å². The second-order valence-electron chi connectivity index (χ2n) is 16.2. The van der Waals surface area contributed by atoms with Crippen molar-refractivity contribution in [3.63, 3.8) is 0 Å². The molecule has 56 heavy (non-hydrogen) atoms. The number of hydrogen-bond donors (Lipinski definition) is 1. The molecular weight excluding hydrogens is 677 g/mol. The maximum atomic E-state index is 4.01. The molecule has 0 spiro atoms. The van der Waals surface area contributed by atoms with Crippen LogP contribution in [0, 0.1) is 11.8 Å². The fraction of sp³-hybridized carbons (Fsp3) is 0.185. The van der Waals surface area contributed by atoms with Gasteiger partial charge >= 0.3 is 0 Å². The van der Waals surface area contributed by atoms with Crippen molar-refractivity contribution >= 4 is 56.2 Å². The molecule has 0 saturated heterocycles. The molecule has 4 unspecified atom stereocenters. The number of hydrogen-bond acceptors (Lipinski definition) is 2. The molecule has 4 aliphatic carbocycles. The molecule has 0 fully saturated rings. The molecule has 0 amide bonds. The van der Waals surface area contributed by atoms with Gasteiger partial charge in [-0.15, -0.1) is 0 Å². The molecule has 6 aromatic carbocycles. The predicted molar refractivity (Wildman–Crippen MR) is 238 cm³/mol. The molecule has 272 valence electrons. The first-order chi connectivity index (χ1) is 27.8. The molecule has 2 heteroatoms. The van der Waals surface area contributed by atoms with Crippen LogP contribution in [0.4, 0.5) is 5.69 Å². The van der Waals surface area contributed by atoms with Gasteiger partial charge in [0, 0.05) is 35.2 Å². The minimum absolute atomic E-state index is 0.259. The molecule has 11 rings (SSSR count). The van der Waals surface area contributed by atoms with E-state index in [4.69, 9.17) is 0 Å². The average molecular weight is 723 g/mol. The molecule has 0 bridgehead atoms. The first kappa shape index (κ1) is 33.2. The van der Waals surface area contributed by atoms with Crippen LogP contribution in [0.1, 0.15) is 47.4 Å². The summed E-state index contributed by atoms with van der Waals surface area (Å²) in [6, 6.07) is 38.5. The number of fused-ring (bicyclic) bond motifs is 12. The number of nitrogens with one attached hydrogen (secondary N) is 1. The third-order valence-corrected chi connectivity index (χ3v) is 12.9. The summed E-state index contributed by atoms with van der Waals surface area (Å²) in [5.41, 5.74) is 9.83. The maximum absolute atomic E-state index is 4.01. The number of aryl methyl sites for hydroxylation is 1. The van der Waals surface area contributed by atoms with Crippen LogP contribution in [0.5, 0.6) is 0 Å². The highest BCUT2D eigenvalue weighted by Gasteiger charge is 2.41. The Kier molecular flexibility index (Phi) is 8.23. The van der Waals surface area contributed by atoms with Gasteiger partial charge in [0.2, 0.25) is 0 Å². The van der Waals surface area contributed by atoms with Gasteiger partial charge in [0.15, 0.2) is 0 Å². The zero-order chi connectivity index (χ0) is 37.0. The second kappa shape index (κ2) is 13.9. The zero-order valence-electron chi connectivity index (χ0n) is 31.7. The van der Waals surface area contributed by atoms with Gasteiger partial charge in [0.1, 0.15) is 0 Å². The van der Waals surface area contributed by atoms with Gasteiger partial charge in [-0.05, 0) is 104 Å². The van der Waals surface area contributed by atoms with Gasteiger partial charge in [0.05, 0.1) is 11.7 Å². The van der Waals surface area contributed by atoms with E-state index in [1.165, 1.54) is 82.1 Å². The highest BCUT2D eigenvalue weighted by molar-refractivity contribution is 6.18. The molecule has 0 radical (unpaired) electrons. The van der Waals surface area contributed by atoms with Crippen LogP contribution >= 0.6 is 0 Å². The molecular formula is C54H46N2. The summed E-state index contributed by atoms with van der Waals surface area (Å²) in [5, 5.41) is 14.9. The van der Waals surface area contributed by atoms with Crippen LogP contribution in [0.3, 0.4) is 0 Å². The fourth-order valence-corrected chi connectivity index (χ4v) is 10.2. The standard InChI is InChI=1S/C54H46N2/c1-3-14-41-33-36(21-25-38(41)11-1)24-32-50(43-27-26-39-12-2-4-15-42(39)34-43)55-35-37-22-29-44(30-23-37)56-51-20-10-9-19-49(51)53-52-45-16-6-5-13-40(45)28-31-47(52)46-17-7-8-18-48(46)54(53)56/h1-5,7-15,17-22,25-26,28-34,37,43,49,51,55H,6,16,23-24,27,35H2/b50-32-. The van der Waals surface area contributed by atoms with Crippen molar-refractivity contribution in [3.8, 4) is 0 Å². The summed E-state index contributed by atoms with van der Waals surface area (Å²) in [6.07, 6.45) is 34.0. The van der Waals surface area contributed by atoms with E-state index < -0.39 is 0 Å². The number of nitrogens with zero attached hydrogens (tertiary/aromatic N) is 1. The Balaban J connectivity index is 0.907. The van der Waals surface area contributed by atoms with Crippen molar-refractivity contribution in [2.24, 2.45) is 11.8 Å².